The van der Waals surface area contributed by atoms with Crippen molar-refractivity contribution >= 4 is 17.7 Å². The molecule has 1 atom stereocenters. The van der Waals surface area contributed by atoms with Crippen molar-refractivity contribution in [2.75, 3.05) is 0 Å². The number of nitrogens with zero attached hydrogens (tertiary/aromatic N) is 1. The number of halogens is 4. The van der Waals surface area contributed by atoms with Crippen LogP contribution in [0.3, 0.4) is 0 Å². The van der Waals surface area contributed by atoms with Crippen molar-refractivity contribution in [3.8, 4) is 0 Å². The summed E-state index contributed by atoms with van der Waals surface area (Å²) < 4.78 is 44.1. The Morgan fingerprint density at radius 2 is 1.83 bits per heavy atom. The first-order valence-corrected chi connectivity index (χ1v) is 9.83. The molecule has 1 aromatic carbocycles. The standard InChI is InChI=1S/C20H21ClF3N3O3/c1-10-15(16(30-19(25)29)11-4-8-14(21)9-5-11)26-17(27-18(10)28)12-2-6-13(7-3-12)20(22,23)24/h4-5,8-9,12-13,16H,2-3,6-7H2,1H3,(H2,25,29)(H,26,27,28)/t12-,13+,16?. The molecule has 10 heteroatoms. The number of primary amides is 1. The number of aromatic nitrogens is 2. The van der Waals surface area contributed by atoms with E-state index in [1.165, 1.54) is 6.92 Å². The number of carbonyl (C=O) groups excluding carboxylic acids is 1. The molecule has 0 bridgehead atoms. The SMILES string of the molecule is Cc1c(C(OC(N)=O)c2ccc(Cl)cc2)nc([C@H]2CC[C@@H](C(F)(F)F)CC2)[nH]c1=O. The number of hydrogen-bond donors (Lipinski definition) is 2. The summed E-state index contributed by atoms with van der Waals surface area (Å²) in [4.78, 5) is 31.2. The molecule has 1 unspecified atom stereocenters. The van der Waals surface area contributed by atoms with E-state index in [2.05, 4.69) is 9.97 Å². The normalized spacial score (nSPS) is 20.6. The Hall–Kier alpha value is -2.55. The minimum absolute atomic E-state index is 0.0283. The number of alkyl halides is 3. The van der Waals surface area contributed by atoms with E-state index in [1.807, 2.05) is 0 Å². The minimum atomic E-state index is -4.22. The first kappa shape index (κ1) is 22.1. The molecule has 1 heterocycles. The van der Waals surface area contributed by atoms with Crippen molar-refractivity contribution in [2.24, 2.45) is 11.7 Å². The second kappa shape index (κ2) is 8.67. The molecule has 1 aromatic heterocycles. The molecule has 3 rings (SSSR count). The molecule has 30 heavy (non-hydrogen) atoms. The van der Waals surface area contributed by atoms with E-state index in [1.54, 1.807) is 24.3 Å². The zero-order valence-electron chi connectivity index (χ0n) is 16.1. The Balaban J connectivity index is 1.96. The predicted octanol–water partition coefficient (Wildman–Crippen LogP) is 4.75. The lowest BCUT2D eigenvalue weighted by Crippen LogP contribution is -2.29. The monoisotopic (exact) mass is 443 g/mol. The largest absolute Gasteiger partial charge is 0.435 e. The molecule has 0 aliphatic heterocycles. The average molecular weight is 444 g/mol. The van der Waals surface area contributed by atoms with Gasteiger partial charge in [0.2, 0.25) is 0 Å². The van der Waals surface area contributed by atoms with Gasteiger partial charge in [0.1, 0.15) is 5.82 Å². The molecule has 1 aliphatic carbocycles. The first-order chi connectivity index (χ1) is 14.1. The van der Waals surface area contributed by atoms with Crippen molar-refractivity contribution < 1.29 is 22.7 Å². The molecule has 162 valence electrons. The number of nitrogens with one attached hydrogen (secondary N) is 1. The second-order valence-electron chi connectivity index (χ2n) is 7.42. The van der Waals surface area contributed by atoms with Crippen LogP contribution >= 0.6 is 11.6 Å². The van der Waals surface area contributed by atoms with Gasteiger partial charge in [-0.05, 0) is 50.3 Å². The molecule has 1 amide bonds. The van der Waals surface area contributed by atoms with Crippen LogP contribution in [0.1, 0.15) is 60.4 Å². The van der Waals surface area contributed by atoms with Crippen molar-refractivity contribution in [3.05, 3.63) is 62.3 Å². The number of rotatable bonds is 4. The highest BCUT2D eigenvalue weighted by molar-refractivity contribution is 6.30. The third kappa shape index (κ3) is 4.95. The van der Waals surface area contributed by atoms with Crippen LogP contribution in [0, 0.1) is 12.8 Å². The summed E-state index contributed by atoms with van der Waals surface area (Å²) in [7, 11) is 0. The fraction of sp³-hybridized carbons (Fsp3) is 0.450. The Morgan fingerprint density at radius 1 is 1.23 bits per heavy atom. The van der Waals surface area contributed by atoms with Gasteiger partial charge in [-0.1, -0.05) is 23.7 Å². The van der Waals surface area contributed by atoms with E-state index in [0.717, 1.165) is 0 Å². The fourth-order valence-corrected chi connectivity index (χ4v) is 3.87. The van der Waals surface area contributed by atoms with E-state index in [0.29, 0.717) is 10.6 Å². The van der Waals surface area contributed by atoms with Crippen molar-refractivity contribution in [3.63, 3.8) is 0 Å². The lowest BCUT2D eigenvalue weighted by molar-refractivity contribution is -0.182. The zero-order valence-corrected chi connectivity index (χ0v) is 16.9. The molecule has 0 spiro atoms. The smallest absolute Gasteiger partial charge is 0.405 e. The topological polar surface area (TPSA) is 98.1 Å². The number of benzene rings is 1. The molecule has 2 aromatic rings. The molecule has 1 aliphatic rings. The Morgan fingerprint density at radius 3 is 2.37 bits per heavy atom. The lowest BCUT2D eigenvalue weighted by Gasteiger charge is -2.29. The predicted molar refractivity (Wildman–Crippen MR) is 104 cm³/mol. The summed E-state index contributed by atoms with van der Waals surface area (Å²) >= 11 is 5.91. The van der Waals surface area contributed by atoms with Gasteiger partial charge >= 0.3 is 12.3 Å². The Bertz CT molecular complexity index is 968. The Kier molecular flexibility index (Phi) is 6.40. The van der Waals surface area contributed by atoms with E-state index in [9.17, 15) is 22.8 Å². The van der Waals surface area contributed by atoms with Crippen molar-refractivity contribution in [2.45, 2.75) is 50.8 Å². The van der Waals surface area contributed by atoms with Crippen LogP contribution in [-0.2, 0) is 4.74 Å². The van der Waals surface area contributed by atoms with Gasteiger partial charge in [0.15, 0.2) is 6.10 Å². The van der Waals surface area contributed by atoms with Gasteiger partial charge in [-0.3, -0.25) is 4.79 Å². The summed E-state index contributed by atoms with van der Waals surface area (Å²) in [5.41, 5.74) is 5.69. The third-order valence-electron chi connectivity index (χ3n) is 5.44. The van der Waals surface area contributed by atoms with Crippen LogP contribution < -0.4 is 11.3 Å². The number of aromatic amines is 1. The third-order valence-corrected chi connectivity index (χ3v) is 5.69. The zero-order chi connectivity index (χ0) is 22.1. The second-order valence-corrected chi connectivity index (χ2v) is 7.86. The highest BCUT2D eigenvalue weighted by Gasteiger charge is 2.42. The van der Waals surface area contributed by atoms with Crippen molar-refractivity contribution in [1.82, 2.24) is 9.97 Å². The number of carbonyl (C=O) groups is 1. The number of nitrogens with two attached hydrogens (primary N) is 1. The quantitative estimate of drug-likeness (QED) is 0.712. The fourth-order valence-electron chi connectivity index (χ4n) is 3.75. The maximum Gasteiger partial charge on any atom is 0.405 e. The molecule has 6 nitrogen and oxygen atoms in total. The van der Waals surface area contributed by atoms with Gasteiger partial charge in [0.25, 0.3) is 5.56 Å². The molecular weight excluding hydrogens is 423 g/mol. The van der Waals surface area contributed by atoms with Gasteiger partial charge in [-0.25, -0.2) is 9.78 Å². The van der Waals surface area contributed by atoms with E-state index >= 15 is 0 Å². The van der Waals surface area contributed by atoms with E-state index < -0.39 is 29.9 Å². The maximum absolute atomic E-state index is 13.0. The summed E-state index contributed by atoms with van der Waals surface area (Å²) in [5.74, 6) is -1.38. The molecule has 1 fully saturated rings. The lowest BCUT2D eigenvalue weighted by atomic mass is 9.81. The van der Waals surface area contributed by atoms with Gasteiger partial charge in [-0.15, -0.1) is 0 Å². The van der Waals surface area contributed by atoms with Gasteiger partial charge in [-0.2, -0.15) is 13.2 Å². The number of H-pyrrole nitrogens is 1. The molecule has 3 N–H and O–H groups in total. The Labute approximate surface area is 175 Å². The molecule has 0 radical (unpaired) electrons. The van der Waals surface area contributed by atoms with Crippen LogP contribution in [0.25, 0.3) is 0 Å². The van der Waals surface area contributed by atoms with E-state index in [4.69, 9.17) is 22.1 Å². The van der Waals surface area contributed by atoms with Crippen LogP contribution in [0.2, 0.25) is 5.02 Å². The van der Waals surface area contributed by atoms with Crippen LogP contribution in [0.15, 0.2) is 29.1 Å². The number of ether oxygens (including phenoxy) is 1. The highest BCUT2D eigenvalue weighted by Crippen LogP contribution is 2.42. The average Bonchev–Trinajstić information content (AvgIpc) is 2.68. The van der Waals surface area contributed by atoms with Gasteiger partial charge in [0.05, 0.1) is 11.6 Å². The van der Waals surface area contributed by atoms with Crippen LogP contribution in [0.5, 0.6) is 0 Å². The van der Waals surface area contributed by atoms with Gasteiger partial charge in [0, 0.05) is 16.5 Å². The van der Waals surface area contributed by atoms with Crippen molar-refractivity contribution in [1.29, 1.82) is 0 Å². The highest BCUT2D eigenvalue weighted by atomic mass is 35.5. The molecule has 0 saturated heterocycles. The molecular formula is C20H21ClF3N3O3. The maximum atomic E-state index is 13.0. The number of hydrogen-bond acceptors (Lipinski definition) is 4. The molecule has 1 saturated carbocycles. The van der Waals surface area contributed by atoms with Gasteiger partial charge < -0.3 is 15.5 Å². The summed E-state index contributed by atoms with van der Waals surface area (Å²) in [6.45, 7) is 1.53. The summed E-state index contributed by atoms with van der Waals surface area (Å²) in [6.07, 6.45) is -5.88. The first-order valence-electron chi connectivity index (χ1n) is 9.45. The minimum Gasteiger partial charge on any atom is -0.435 e. The van der Waals surface area contributed by atoms with Crippen LogP contribution in [-0.4, -0.2) is 22.2 Å². The van der Waals surface area contributed by atoms with Crippen LogP contribution in [0.4, 0.5) is 18.0 Å². The summed E-state index contributed by atoms with van der Waals surface area (Å²) in [5, 5.41) is 0.467. The van der Waals surface area contributed by atoms with E-state index in [-0.39, 0.29) is 48.7 Å². The number of amides is 1. The summed E-state index contributed by atoms with van der Waals surface area (Å²) in [6, 6.07) is 6.42.